The Morgan fingerprint density at radius 1 is 1.50 bits per heavy atom. The average Bonchev–Trinajstić information content (AvgIpc) is 2.55. The lowest BCUT2D eigenvalue weighted by Gasteiger charge is -1.91. The topological polar surface area (TPSA) is 32.9 Å². The van der Waals surface area contributed by atoms with Crippen molar-refractivity contribution in [1.29, 1.82) is 0 Å². The fraction of sp³-hybridized carbons (Fsp3) is 0.182. The summed E-state index contributed by atoms with van der Waals surface area (Å²) in [6, 6.07) is 5.46. The summed E-state index contributed by atoms with van der Waals surface area (Å²) in [6.45, 7) is 2.04. The van der Waals surface area contributed by atoms with E-state index >= 15 is 0 Å². The molecule has 2 rings (SSSR count). The molecule has 2 nitrogen and oxygen atoms in total. The summed E-state index contributed by atoms with van der Waals surface area (Å²) in [7, 11) is 0. The van der Waals surface area contributed by atoms with Gasteiger partial charge in [-0.25, -0.2) is 0 Å². The maximum absolute atomic E-state index is 10.6. The Bertz CT molecular complexity index is 487. The molecule has 0 radical (unpaired) electrons. The number of carbonyl (C=O) groups excluding carboxylic acids is 1. The second-order valence-corrected chi connectivity index (χ2v) is 3.57. The quantitative estimate of drug-likeness (QED) is 0.754. The zero-order valence-corrected chi connectivity index (χ0v) is 8.56. The first-order valence-electron chi connectivity index (χ1n) is 4.51. The molecule has 0 spiro atoms. The number of hydrogen-bond donors (Lipinski definition) is 1. The first-order chi connectivity index (χ1) is 6.76. The molecule has 0 bridgehead atoms. The van der Waals surface area contributed by atoms with Gasteiger partial charge in [0.15, 0.2) is 0 Å². The van der Waals surface area contributed by atoms with Crippen molar-refractivity contribution in [3.63, 3.8) is 0 Å². The van der Waals surface area contributed by atoms with Gasteiger partial charge in [0.2, 0.25) is 0 Å². The Morgan fingerprint density at radius 2 is 2.29 bits per heavy atom. The van der Waals surface area contributed by atoms with Gasteiger partial charge in [0.1, 0.15) is 6.29 Å². The molecule has 0 aliphatic rings. The summed E-state index contributed by atoms with van der Waals surface area (Å²) in [5.41, 5.74) is 2.66. The van der Waals surface area contributed by atoms with Gasteiger partial charge in [0, 0.05) is 22.2 Å². The summed E-state index contributed by atoms with van der Waals surface area (Å²) >= 11 is 6.14. The largest absolute Gasteiger partial charge is 0.357 e. The molecule has 1 N–H and O–H groups in total. The maximum Gasteiger partial charge on any atom is 0.150 e. The average molecular weight is 208 g/mol. The van der Waals surface area contributed by atoms with E-state index in [4.69, 9.17) is 11.6 Å². The van der Waals surface area contributed by atoms with Crippen molar-refractivity contribution < 1.29 is 4.79 Å². The van der Waals surface area contributed by atoms with Crippen LogP contribution in [0.15, 0.2) is 18.2 Å². The van der Waals surface area contributed by atoms with Gasteiger partial charge in [0.25, 0.3) is 0 Å². The van der Waals surface area contributed by atoms with Gasteiger partial charge < -0.3 is 4.98 Å². The van der Waals surface area contributed by atoms with Gasteiger partial charge in [-0.3, -0.25) is 4.79 Å². The van der Waals surface area contributed by atoms with Crippen molar-refractivity contribution in [2.24, 2.45) is 0 Å². The van der Waals surface area contributed by atoms with Crippen LogP contribution in [0, 0.1) is 0 Å². The summed E-state index contributed by atoms with van der Waals surface area (Å²) in [4.78, 5) is 13.8. The van der Waals surface area contributed by atoms with Crippen LogP contribution in [0.25, 0.3) is 10.9 Å². The predicted octanol–water partition coefficient (Wildman–Crippen LogP) is 3.20. The molecule has 14 heavy (non-hydrogen) atoms. The summed E-state index contributed by atoms with van der Waals surface area (Å²) in [6.07, 6.45) is 1.69. The molecule has 0 aliphatic carbocycles. The standard InChI is InChI=1S/C11H10ClNO/c1-2-9-11(12)8-5-7(6-14)3-4-10(8)13-9/h3-6,13H,2H2,1H3. The van der Waals surface area contributed by atoms with Crippen molar-refractivity contribution in [1.82, 2.24) is 4.98 Å². The number of aromatic amines is 1. The second-order valence-electron chi connectivity index (χ2n) is 3.19. The molecule has 2 aromatic rings. The van der Waals surface area contributed by atoms with Crippen LogP contribution >= 0.6 is 11.6 Å². The van der Waals surface area contributed by atoms with E-state index in [2.05, 4.69) is 4.98 Å². The van der Waals surface area contributed by atoms with E-state index in [0.717, 1.165) is 34.3 Å². The zero-order valence-electron chi connectivity index (χ0n) is 7.80. The van der Waals surface area contributed by atoms with Gasteiger partial charge in [-0.1, -0.05) is 18.5 Å². The molecular formula is C11H10ClNO. The van der Waals surface area contributed by atoms with Crippen LogP contribution in [0.4, 0.5) is 0 Å². The highest BCUT2D eigenvalue weighted by Gasteiger charge is 2.07. The number of benzene rings is 1. The summed E-state index contributed by atoms with van der Waals surface area (Å²) in [5.74, 6) is 0. The van der Waals surface area contributed by atoms with Gasteiger partial charge in [-0.15, -0.1) is 0 Å². The van der Waals surface area contributed by atoms with Crippen molar-refractivity contribution in [2.45, 2.75) is 13.3 Å². The highest BCUT2D eigenvalue weighted by atomic mass is 35.5. The Hall–Kier alpha value is -1.28. The molecule has 0 fully saturated rings. The van der Waals surface area contributed by atoms with Crippen LogP contribution in [-0.4, -0.2) is 11.3 Å². The predicted molar refractivity (Wildman–Crippen MR) is 58.1 cm³/mol. The minimum Gasteiger partial charge on any atom is -0.357 e. The van der Waals surface area contributed by atoms with Gasteiger partial charge in [-0.2, -0.15) is 0 Å². The fourth-order valence-corrected chi connectivity index (χ4v) is 1.89. The molecule has 0 amide bonds. The third kappa shape index (κ3) is 1.32. The third-order valence-corrected chi connectivity index (χ3v) is 2.75. The molecule has 1 aromatic heterocycles. The molecule has 1 aromatic carbocycles. The molecule has 3 heteroatoms. The maximum atomic E-state index is 10.6. The van der Waals surface area contributed by atoms with E-state index < -0.39 is 0 Å². The Kier molecular flexibility index (Phi) is 2.30. The van der Waals surface area contributed by atoms with Crippen molar-refractivity contribution in [3.05, 3.63) is 34.5 Å². The smallest absolute Gasteiger partial charge is 0.150 e. The molecule has 0 aliphatic heterocycles. The Labute approximate surface area is 86.9 Å². The Morgan fingerprint density at radius 3 is 2.93 bits per heavy atom. The zero-order chi connectivity index (χ0) is 10.1. The number of aldehydes is 1. The van der Waals surface area contributed by atoms with E-state index in [0.29, 0.717) is 5.56 Å². The Balaban J connectivity index is 2.73. The number of hydrogen-bond acceptors (Lipinski definition) is 1. The highest BCUT2D eigenvalue weighted by Crippen LogP contribution is 2.28. The van der Waals surface area contributed by atoms with Crippen LogP contribution in [0.2, 0.25) is 5.02 Å². The molecule has 0 saturated heterocycles. The van der Waals surface area contributed by atoms with E-state index in [-0.39, 0.29) is 0 Å². The molecule has 0 unspecified atom stereocenters. The minimum atomic E-state index is 0.654. The number of nitrogens with one attached hydrogen (secondary N) is 1. The van der Waals surface area contributed by atoms with Crippen LogP contribution in [0.5, 0.6) is 0 Å². The normalized spacial score (nSPS) is 10.7. The second kappa shape index (κ2) is 3.46. The number of carbonyl (C=O) groups is 1. The monoisotopic (exact) mass is 207 g/mol. The number of aryl methyl sites for hydroxylation is 1. The summed E-state index contributed by atoms with van der Waals surface area (Å²) in [5, 5.41) is 1.65. The number of rotatable bonds is 2. The van der Waals surface area contributed by atoms with Gasteiger partial charge in [0.05, 0.1) is 5.02 Å². The number of halogens is 1. The first kappa shape index (κ1) is 9.28. The number of H-pyrrole nitrogens is 1. The van der Waals surface area contributed by atoms with Gasteiger partial charge in [-0.05, 0) is 24.6 Å². The number of aromatic nitrogens is 1. The van der Waals surface area contributed by atoms with Crippen molar-refractivity contribution >= 4 is 28.8 Å². The van der Waals surface area contributed by atoms with Crippen LogP contribution in [0.3, 0.4) is 0 Å². The highest BCUT2D eigenvalue weighted by molar-refractivity contribution is 6.36. The van der Waals surface area contributed by atoms with Crippen LogP contribution in [-0.2, 0) is 6.42 Å². The first-order valence-corrected chi connectivity index (χ1v) is 4.89. The molecular weight excluding hydrogens is 198 g/mol. The summed E-state index contributed by atoms with van der Waals surface area (Å²) < 4.78 is 0. The van der Waals surface area contributed by atoms with Crippen molar-refractivity contribution in [3.8, 4) is 0 Å². The number of fused-ring (bicyclic) bond motifs is 1. The fourth-order valence-electron chi connectivity index (χ4n) is 1.55. The lowest BCUT2D eigenvalue weighted by Crippen LogP contribution is -1.77. The molecule has 1 heterocycles. The SMILES string of the molecule is CCc1[nH]c2ccc(C=O)cc2c1Cl. The van der Waals surface area contributed by atoms with Gasteiger partial charge >= 0.3 is 0 Å². The van der Waals surface area contributed by atoms with E-state index in [9.17, 15) is 4.79 Å². The molecule has 0 atom stereocenters. The van der Waals surface area contributed by atoms with E-state index in [1.165, 1.54) is 0 Å². The van der Waals surface area contributed by atoms with Crippen molar-refractivity contribution in [2.75, 3.05) is 0 Å². The van der Waals surface area contributed by atoms with E-state index in [1.54, 1.807) is 12.1 Å². The third-order valence-electron chi connectivity index (χ3n) is 2.32. The van der Waals surface area contributed by atoms with Crippen LogP contribution in [0.1, 0.15) is 23.0 Å². The minimum absolute atomic E-state index is 0.654. The lowest BCUT2D eigenvalue weighted by atomic mass is 10.2. The van der Waals surface area contributed by atoms with E-state index in [1.807, 2.05) is 13.0 Å². The van der Waals surface area contributed by atoms with Crippen LogP contribution < -0.4 is 0 Å². The molecule has 0 saturated carbocycles. The lowest BCUT2D eigenvalue weighted by molar-refractivity contribution is 0.112. The molecule has 72 valence electrons.